The van der Waals surface area contributed by atoms with Crippen molar-refractivity contribution in [1.29, 1.82) is 0 Å². The third-order valence-corrected chi connectivity index (χ3v) is 8.81. The summed E-state index contributed by atoms with van der Waals surface area (Å²) in [6.07, 6.45) is 7.30. The van der Waals surface area contributed by atoms with Crippen molar-refractivity contribution in [3.8, 4) is 0 Å². The fourth-order valence-corrected chi connectivity index (χ4v) is 7.15. The second kappa shape index (κ2) is 5.60. The van der Waals surface area contributed by atoms with Gasteiger partial charge in [-0.1, -0.05) is 25.5 Å². The molecule has 3 fully saturated rings. The Kier molecular flexibility index (Phi) is 3.94. The Morgan fingerprint density at radius 3 is 2.67 bits per heavy atom. The number of carbonyl (C=O) groups excluding carboxylic acids is 2. The number of ketones is 2. The molecule has 0 amide bonds. The Morgan fingerprint density at radius 2 is 2.00 bits per heavy atom. The Labute approximate surface area is 159 Å². The van der Waals surface area contributed by atoms with Crippen LogP contribution < -0.4 is 0 Å². The van der Waals surface area contributed by atoms with Crippen LogP contribution in [-0.2, 0) is 9.59 Å². The van der Waals surface area contributed by atoms with Gasteiger partial charge in [0, 0.05) is 10.8 Å². The molecule has 0 aromatic carbocycles. The van der Waals surface area contributed by atoms with Gasteiger partial charge in [0.05, 0.1) is 0 Å². The summed E-state index contributed by atoms with van der Waals surface area (Å²) in [4.78, 5) is 24.3. The first-order valence-electron chi connectivity index (χ1n) is 10.0. The summed E-state index contributed by atoms with van der Waals surface area (Å²) >= 11 is 0. The number of hydrogen-bond donors (Lipinski definition) is 2. The molecule has 0 heterocycles. The van der Waals surface area contributed by atoms with E-state index in [0.29, 0.717) is 25.7 Å². The molecule has 0 aliphatic heterocycles. The molecular formula is C22H29FO4. The van der Waals surface area contributed by atoms with Crippen LogP contribution in [0, 0.1) is 28.6 Å². The standard InChI is InChI=1S/C22H29FO4/c1-13-10-17-16-5-4-14-11-15(25)6-7-19(14,2)21(16,23)9-8-20(17,3)22(13,27)18(26)12-24/h6-7,11,13,16-17,24,27H,4-5,8-10,12H2,1-3H3/t13-,16+,17+,19+,20+,21?,22+/m1/s1. The maximum atomic E-state index is 16.7. The third kappa shape index (κ3) is 2.05. The zero-order chi connectivity index (χ0) is 19.8. The molecular weight excluding hydrogens is 347 g/mol. The molecule has 4 nitrogen and oxygen atoms in total. The lowest BCUT2D eigenvalue weighted by Gasteiger charge is -2.61. The predicted octanol–water partition coefficient (Wildman–Crippen LogP) is 2.92. The minimum absolute atomic E-state index is 0.0809. The van der Waals surface area contributed by atoms with Gasteiger partial charge in [0.1, 0.15) is 17.9 Å². The highest BCUT2D eigenvalue weighted by molar-refractivity contribution is 6.01. The number of hydrogen-bond acceptors (Lipinski definition) is 4. The van der Waals surface area contributed by atoms with Gasteiger partial charge < -0.3 is 10.2 Å². The number of rotatable bonds is 2. The first-order valence-corrected chi connectivity index (χ1v) is 10.0. The van der Waals surface area contributed by atoms with Crippen molar-refractivity contribution in [2.75, 3.05) is 6.61 Å². The van der Waals surface area contributed by atoms with Crippen molar-refractivity contribution >= 4 is 11.6 Å². The van der Waals surface area contributed by atoms with Crippen molar-refractivity contribution in [2.45, 2.75) is 64.1 Å². The molecule has 0 aromatic rings. The van der Waals surface area contributed by atoms with Gasteiger partial charge in [0.2, 0.25) is 0 Å². The van der Waals surface area contributed by atoms with Crippen molar-refractivity contribution < 1.29 is 24.2 Å². The molecule has 3 saturated carbocycles. The van der Waals surface area contributed by atoms with Crippen LogP contribution >= 0.6 is 0 Å². The topological polar surface area (TPSA) is 74.6 Å². The number of Topliss-reactive ketones (excluding diaryl/α,β-unsaturated/α-hetero) is 1. The maximum absolute atomic E-state index is 16.7. The van der Waals surface area contributed by atoms with E-state index >= 15 is 4.39 Å². The van der Waals surface area contributed by atoms with Gasteiger partial charge in [0.25, 0.3) is 0 Å². The Bertz CT molecular complexity index is 772. The highest BCUT2D eigenvalue weighted by Crippen LogP contribution is 2.70. The number of halogens is 1. The summed E-state index contributed by atoms with van der Waals surface area (Å²) in [7, 11) is 0. The van der Waals surface area contributed by atoms with Crippen LogP contribution in [0.5, 0.6) is 0 Å². The van der Waals surface area contributed by atoms with Crippen molar-refractivity contribution in [1.82, 2.24) is 0 Å². The Hall–Kier alpha value is -1.33. The van der Waals surface area contributed by atoms with Gasteiger partial charge in [-0.25, -0.2) is 4.39 Å². The van der Waals surface area contributed by atoms with Crippen LogP contribution in [0.15, 0.2) is 23.8 Å². The van der Waals surface area contributed by atoms with Crippen LogP contribution in [0.2, 0.25) is 0 Å². The molecule has 27 heavy (non-hydrogen) atoms. The SMILES string of the molecule is C[C@@H]1C[C@H]2[C@@H]3CCC4=CC(=O)C=C[C@]4(C)C3(F)CC[C@]2(C)[C@@]1(O)C(=O)CO. The van der Waals surface area contributed by atoms with Crippen LogP contribution in [-0.4, -0.2) is 39.7 Å². The molecule has 0 bridgehead atoms. The number of aliphatic hydroxyl groups is 2. The zero-order valence-electron chi connectivity index (χ0n) is 16.3. The van der Waals surface area contributed by atoms with E-state index in [2.05, 4.69) is 0 Å². The van der Waals surface area contributed by atoms with Gasteiger partial charge in [-0.05, 0) is 68.9 Å². The van der Waals surface area contributed by atoms with Crippen LogP contribution in [0.4, 0.5) is 4.39 Å². The number of aliphatic hydroxyl groups excluding tert-OH is 1. The number of alkyl halides is 1. The summed E-state index contributed by atoms with van der Waals surface area (Å²) < 4.78 is 16.7. The predicted molar refractivity (Wildman–Crippen MR) is 98.6 cm³/mol. The van der Waals surface area contributed by atoms with E-state index in [0.717, 1.165) is 5.57 Å². The van der Waals surface area contributed by atoms with E-state index < -0.39 is 34.5 Å². The van der Waals surface area contributed by atoms with Crippen LogP contribution in [0.1, 0.15) is 52.9 Å². The zero-order valence-corrected chi connectivity index (χ0v) is 16.3. The molecule has 7 atom stereocenters. The molecule has 0 saturated heterocycles. The van der Waals surface area contributed by atoms with Crippen molar-refractivity contribution in [2.24, 2.45) is 28.6 Å². The van der Waals surface area contributed by atoms with E-state index in [1.807, 2.05) is 20.8 Å². The fraction of sp³-hybridized carbons (Fsp3) is 0.727. The lowest BCUT2D eigenvalue weighted by atomic mass is 9.45. The quantitative estimate of drug-likeness (QED) is 0.777. The number of fused-ring (bicyclic) bond motifs is 5. The van der Waals surface area contributed by atoms with E-state index in [1.54, 1.807) is 12.2 Å². The van der Waals surface area contributed by atoms with E-state index in [4.69, 9.17) is 0 Å². The van der Waals surface area contributed by atoms with Crippen LogP contribution in [0.25, 0.3) is 0 Å². The third-order valence-electron chi connectivity index (χ3n) is 8.81. The minimum Gasteiger partial charge on any atom is -0.388 e. The normalized spacial score (nSPS) is 51.3. The van der Waals surface area contributed by atoms with Gasteiger partial charge in [-0.3, -0.25) is 9.59 Å². The molecule has 4 rings (SSSR count). The summed E-state index contributed by atoms with van der Waals surface area (Å²) in [5.74, 6) is -1.35. The molecule has 4 aliphatic rings. The summed E-state index contributed by atoms with van der Waals surface area (Å²) in [6, 6.07) is 0. The van der Waals surface area contributed by atoms with Gasteiger partial charge in [0.15, 0.2) is 11.6 Å². The summed E-state index contributed by atoms with van der Waals surface area (Å²) in [5, 5.41) is 20.8. The highest BCUT2D eigenvalue weighted by Gasteiger charge is 2.72. The highest BCUT2D eigenvalue weighted by atomic mass is 19.1. The monoisotopic (exact) mass is 376 g/mol. The van der Waals surface area contributed by atoms with Gasteiger partial charge in [-0.2, -0.15) is 0 Å². The largest absolute Gasteiger partial charge is 0.388 e. The van der Waals surface area contributed by atoms with Crippen molar-refractivity contribution in [3.05, 3.63) is 23.8 Å². The molecule has 4 aliphatic carbocycles. The van der Waals surface area contributed by atoms with E-state index in [9.17, 15) is 19.8 Å². The first-order chi connectivity index (χ1) is 12.5. The van der Waals surface area contributed by atoms with Crippen molar-refractivity contribution in [3.63, 3.8) is 0 Å². The van der Waals surface area contributed by atoms with E-state index in [-0.39, 0.29) is 30.0 Å². The lowest BCUT2D eigenvalue weighted by molar-refractivity contribution is -0.182. The average molecular weight is 376 g/mol. The lowest BCUT2D eigenvalue weighted by Crippen LogP contribution is -2.64. The smallest absolute Gasteiger partial charge is 0.190 e. The molecule has 0 radical (unpaired) electrons. The van der Waals surface area contributed by atoms with Crippen LogP contribution in [0.3, 0.4) is 0 Å². The van der Waals surface area contributed by atoms with Gasteiger partial charge >= 0.3 is 0 Å². The first kappa shape index (κ1) is 19.0. The number of allylic oxidation sites excluding steroid dienone is 4. The number of carbonyl (C=O) groups is 2. The molecule has 5 heteroatoms. The Balaban J connectivity index is 1.78. The summed E-state index contributed by atoms with van der Waals surface area (Å²) in [5.41, 5.74) is -3.78. The second-order valence-corrected chi connectivity index (χ2v) is 9.62. The molecule has 2 N–H and O–H groups in total. The van der Waals surface area contributed by atoms with Gasteiger partial charge in [-0.15, -0.1) is 0 Å². The molecule has 1 unspecified atom stereocenters. The molecule has 148 valence electrons. The molecule has 0 spiro atoms. The summed E-state index contributed by atoms with van der Waals surface area (Å²) in [6.45, 7) is 4.94. The second-order valence-electron chi connectivity index (χ2n) is 9.62. The molecule has 0 aromatic heterocycles. The van der Waals surface area contributed by atoms with E-state index in [1.165, 1.54) is 6.08 Å². The minimum atomic E-state index is -1.61. The average Bonchev–Trinajstić information content (AvgIpc) is 2.84. The fourth-order valence-electron chi connectivity index (χ4n) is 7.15. The maximum Gasteiger partial charge on any atom is 0.190 e. The Morgan fingerprint density at radius 1 is 1.30 bits per heavy atom.